The molecule has 0 saturated heterocycles. The zero-order valence-electron chi connectivity index (χ0n) is 17.5. The quantitative estimate of drug-likeness (QED) is 0.553. The van der Waals surface area contributed by atoms with Gasteiger partial charge in [-0.1, -0.05) is 55.5 Å². The normalized spacial score (nSPS) is 12.2. The van der Waals surface area contributed by atoms with E-state index < -0.39 is 15.8 Å². The second-order valence-corrected chi connectivity index (χ2v) is 9.16. The Labute approximate surface area is 182 Å². The van der Waals surface area contributed by atoms with Crippen LogP contribution >= 0.6 is 0 Å². The first kappa shape index (κ1) is 22.5. The van der Waals surface area contributed by atoms with Crippen LogP contribution in [0.2, 0.25) is 0 Å². The fourth-order valence-corrected chi connectivity index (χ4v) is 4.19. The number of rotatable bonds is 8. The van der Waals surface area contributed by atoms with E-state index in [9.17, 15) is 17.6 Å². The molecule has 3 aromatic carbocycles. The molecule has 162 valence electrons. The van der Waals surface area contributed by atoms with Crippen molar-refractivity contribution in [3.05, 3.63) is 101 Å². The van der Waals surface area contributed by atoms with E-state index >= 15 is 0 Å². The van der Waals surface area contributed by atoms with Crippen LogP contribution in [0.3, 0.4) is 0 Å². The van der Waals surface area contributed by atoms with Crippen molar-refractivity contribution in [1.29, 1.82) is 0 Å². The standard InChI is InChI=1S/C24H25FN2O3S/c1-3-23(18-9-5-4-6-10-18)26-24(28)19-13-15-21(16-14-19)27(31(2,29)30)17-20-11-7-8-12-22(20)25/h4-16,23H,3,17H2,1-2H3,(H,26,28). The third-order valence-electron chi connectivity index (χ3n) is 5.01. The summed E-state index contributed by atoms with van der Waals surface area (Å²) in [6, 6.07) is 21.9. The van der Waals surface area contributed by atoms with Crippen molar-refractivity contribution >= 4 is 21.6 Å². The maximum atomic E-state index is 14.0. The highest BCUT2D eigenvalue weighted by molar-refractivity contribution is 7.92. The highest BCUT2D eigenvalue weighted by atomic mass is 32.2. The van der Waals surface area contributed by atoms with Crippen molar-refractivity contribution in [2.45, 2.75) is 25.9 Å². The van der Waals surface area contributed by atoms with E-state index in [1.807, 2.05) is 37.3 Å². The van der Waals surface area contributed by atoms with Gasteiger partial charge in [0.15, 0.2) is 0 Å². The molecule has 3 aromatic rings. The molecule has 0 aliphatic heterocycles. The van der Waals surface area contributed by atoms with Crippen LogP contribution in [0.25, 0.3) is 0 Å². The lowest BCUT2D eigenvalue weighted by Gasteiger charge is -2.23. The van der Waals surface area contributed by atoms with Crippen LogP contribution in [-0.4, -0.2) is 20.6 Å². The number of sulfonamides is 1. The number of nitrogens with zero attached hydrogens (tertiary/aromatic N) is 1. The summed E-state index contributed by atoms with van der Waals surface area (Å²) in [5.74, 6) is -0.721. The molecule has 0 radical (unpaired) electrons. The fourth-order valence-electron chi connectivity index (χ4n) is 3.31. The van der Waals surface area contributed by atoms with E-state index in [2.05, 4.69) is 5.32 Å². The highest BCUT2D eigenvalue weighted by Crippen LogP contribution is 2.23. The highest BCUT2D eigenvalue weighted by Gasteiger charge is 2.20. The fraction of sp³-hybridized carbons (Fsp3) is 0.208. The molecule has 0 heterocycles. The predicted octanol–water partition coefficient (Wildman–Crippen LogP) is 4.67. The Hall–Kier alpha value is -3.19. The molecule has 0 fully saturated rings. The number of carbonyl (C=O) groups is 1. The molecule has 7 heteroatoms. The van der Waals surface area contributed by atoms with Crippen molar-refractivity contribution in [2.75, 3.05) is 10.6 Å². The second-order valence-electron chi connectivity index (χ2n) is 7.25. The third kappa shape index (κ3) is 5.70. The van der Waals surface area contributed by atoms with E-state index in [0.29, 0.717) is 11.3 Å². The van der Waals surface area contributed by atoms with Gasteiger partial charge in [0, 0.05) is 11.1 Å². The molecule has 1 N–H and O–H groups in total. The number of anilines is 1. The van der Waals surface area contributed by atoms with Gasteiger partial charge < -0.3 is 5.32 Å². The van der Waals surface area contributed by atoms with Crippen molar-refractivity contribution in [1.82, 2.24) is 5.32 Å². The molecule has 1 amide bonds. The minimum atomic E-state index is -3.66. The van der Waals surface area contributed by atoms with E-state index in [1.54, 1.807) is 42.5 Å². The SMILES string of the molecule is CCC(NC(=O)c1ccc(N(Cc2ccccc2F)S(C)(=O)=O)cc1)c1ccccc1. The number of benzene rings is 3. The van der Waals surface area contributed by atoms with Gasteiger partial charge >= 0.3 is 0 Å². The van der Waals surface area contributed by atoms with Crippen LogP contribution in [0.4, 0.5) is 10.1 Å². The van der Waals surface area contributed by atoms with Gasteiger partial charge in [0.25, 0.3) is 5.91 Å². The molecular formula is C24H25FN2O3S. The Bertz CT molecular complexity index is 1130. The monoisotopic (exact) mass is 440 g/mol. The van der Waals surface area contributed by atoms with Crippen LogP contribution in [-0.2, 0) is 16.6 Å². The van der Waals surface area contributed by atoms with E-state index in [4.69, 9.17) is 0 Å². The second kappa shape index (κ2) is 9.75. The molecule has 0 saturated carbocycles. The number of hydrogen-bond acceptors (Lipinski definition) is 3. The van der Waals surface area contributed by atoms with Crippen LogP contribution in [0.5, 0.6) is 0 Å². The average Bonchev–Trinajstić information content (AvgIpc) is 2.76. The maximum Gasteiger partial charge on any atom is 0.251 e. The van der Waals surface area contributed by atoms with Gasteiger partial charge in [-0.15, -0.1) is 0 Å². The summed E-state index contributed by atoms with van der Waals surface area (Å²) in [6.45, 7) is 1.86. The van der Waals surface area contributed by atoms with Gasteiger partial charge in [0.1, 0.15) is 5.82 Å². The molecule has 1 unspecified atom stereocenters. The molecule has 0 bridgehead atoms. The lowest BCUT2D eigenvalue weighted by molar-refractivity contribution is 0.0935. The summed E-state index contributed by atoms with van der Waals surface area (Å²) >= 11 is 0. The zero-order valence-corrected chi connectivity index (χ0v) is 18.3. The molecule has 31 heavy (non-hydrogen) atoms. The minimum absolute atomic E-state index is 0.123. The first-order valence-corrected chi connectivity index (χ1v) is 11.8. The van der Waals surface area contributed by atoms with Crippen molar-refractivity contribution in [2.24, 2.45) is 0 Å². The minimum Gasteiger partial charge on any atom is -0.345 e. The number of carbonyl (C=O) groups excluding carboxylic acids is 1. The Balaban J connectivity index is 1.79. The summed E-state index contributed by atoms with van der Waals surface area (Å²) in [7, 11) is -3.66. The van der Waals surface area contributed by atoms with Crippen LogP contribution in [0.1, 0.15) is 40.9 Å². The van der Waals surface area contributed by atoms with E-state index in [-0.39, 0.29) is 24.1 Å². The topological polar surface area (TPSA) is 66.5 Å². The predicted molar refractivity (Wildman–Crippen MR) is 121 cm³/mol. The van der Waals surface area contributed by atoms with Gasteiger partial charge in [0.05, 0.1) is 24.5 Å². The molecule has 1 atom stereocenters. The summed E-state index contributed by atoms with van der Waals surface area (Å²) in [5.41, 5.74) is 2.06. The first-order valence-electron chi connectivity index (χ1n) is 9.96. The van der Waals surface area contributed by atoms with Gasteiger partial charge in [-0.2, -0.15) is 0 Å². The molecule has 0 spiro atoms. The number of hydrogen-bond donors (Lipinski definition) is 1. The Morgan fingerprint density at radius 1 is 0.968 bits per heavy atom. The Morgan fingerprint density at radius 2 is 1.58 bits per heavy atom. The van der Waals surface area contributed by atoms with Crippen LogP contribution in [0, 0.1) is 5.82 Å². The number of halogens is 1. The molecule has 0 aromatic heterocycles. The Kier molecular flexibility index (Phi) is 7.07. The smallest absolute Gasteiger partial charge is 0.251 e. The summed E-state index contributed by atoms with van der Waals surface area (Å²) in [6.07, 6.45) is 1.80. The largest absolute Gasteiger partial charge is 0.345 e. The van der Waals surface area contributed by atoms with Crippen molar-refractivity contribution in [3.63, 3.8) is 0 Å². The van der Waals surface area contributed by atoms with Crippen LogP contribution in [0.15, 0.2) is 78.9 Å². The lowest BCUT2D eigenvalue weighted by Crippen LogP contribution is -2.30. The summed E-state index contributed by atoms with van der Waals surface area (Å²) < 4.78 is 39.8. The number of nitrogens with one attached hydrogen (secondary N) is 1. The summed E-state index contributed by atoms with van der Waals surface area (Å²) in [4.78, 5) is 12.7. The molecule has 0 aliphatic rings. The number of amides is 1. The average molecular weight is 441 g/mol. The Morgan fingerprint density at radius 3 is 2.16 bits per heavy atom. The lowest BCUT2D eigenvalue weighted by atomic mass is 10.0. The molecule has 3 rings (SSSR count). The van der Waals surface area contributed by atoms with Gasteiger partial charge in [-0.25, -0.2) is 12.8 Å². The van der Waals surface area contributed by atoms with Gasteiger partial charge in [0.2, 0.25) is 10.0 Å². The van der Waals surface area contributed by atoms with Crippen LogP contribution < -0.4 is 9.62 Å². The maximum absolute atomic E-state index is 14.0. The van der Waals surface area contributed by atoms with Crippen molar-refractivity contribution < 1.29 is 17.6 Å². The molecule has 5 nitrogen and oxygen atoms in total. The first-order chi connectivity index (χ1) is 14.8. The zero-order chi connectivity index (χ0) is 22.4. The van der Waals surface area contributed by atoms with Crippen molar-refractivity contribution in [3.8, 4) is 0 Å². The third-order valence-corrected chi connectivity index (χ3v) is 6.15. The van der Waals surface area contributed by atoms with Gasteiger partial charge in [-0.05, 0) is 42.3 Å². The van der Waals surface area contributed by atoms with Gasteiger partial charge in [-0.3, -0.25) is 9.10 Å². The molecule has 0 aliphatic carbocycles. The van der Waals surface area contributed by atoms with E-state index in [1.165, 1.54) is 6.07 Å². The summed E-state index contributed by atoms with van der Waals surface area (Å²) in [5, 5.41) is 3.01. The van der Waals surface area contributed by atoms with E-state index in [0.717, 1.165) is 22.5 Å². The molecular weight excluding hydrogens is 415 g/mol.